The lowest BCUT2D eigenvalue weighted by Gasteiger charge is -2.06. The molecule has 4 heteroatoms. The fraction of sp³-hybridized carbons (Fsp3) is 0.417. The number of ether oxygens (including phenoxy) is 1. The van der Waals surface area contributed by atoms with E-state index >= 15 is 0 Å². The van der Waals surface area contributed by atoms with E-state index in [1.807, 2.05) is 0 Å². The van der Waals surface area contributed by atoms with E-state index in [2.05, 4.69) is 0 Å². The van der Waals surface area contributed by atoms with Crippen molar-refractivity contribution in [2.24, 2.45) is 0 Å². The molecule has 0 unspecified atom stereocenters. The molecule has 0 saturated heterocycles. The van der Waals surface area contributed by atoms with E-state index in [0.717, 1.165) is 0 Å². The molecule has 16 heavy (non-hydrogen) atoms. The van der Waals surface area contributed by atoms with Crippen molar-refractivity contribution in [1.82, 2.24) is 0 Å². The van der Waals surface area contributed by atoms with Crippen LogP contribution in [0, 0.1) is 5.82 Å². The maximum atomic E-state index is 13.4. The number of aliphatic hydroxyl groups is 1. The van der Waals surface area contributed by atoms with Gasteiger partial charge in [0.25, 0.3) is 0 Å². The van der Waals surface area contributed by atoms with Crippen molar-refractivity contribution < 1.29 is 19.0 Å². The van der Waals surface area contributed by atoms with E-state index in [0.29, 0.717) is 18.6 Å². The highest BCUT2D eigenvalue weighted by Gasteiger charge is 2.09. The molecule has 0 aliphatic carbocycles. The minimum absolute atomic E-state index is 0.0365. The first kappa shape index (κ1) is 12.6. The monoisotopic (exact) mass is 226 g/mol. The molecule has 0 aliphatic heterocycles. The maximum Gasteiger partial charge on any atom is 0.165 e. The van der Waals surface area contributed by atoms with Gasteiger partial charge in [-0.3, -0.25) is 4.79 Å². The van der Waals surface area contributed by atoms with Crippen molar-refractivity contribution in [1.29, 1.82) is 0 Å². The number of carbonyl (C=O) groups excluding carboxylic acids is 1. The van der Waals surface area contributed by atoms with Gasteiger partial charge in [0.05, 0.1) is 6.61 Å². The topological polar surface area (TPSA) is 46.5 Å². The minimum Gasteiger partial charge on any atom is -0.491 e. The maximum absolute atomic E-state index is 13.4. The summed E-state index contributed by atoms with van der Waals surface area (Å²) in [6.07, 6.45) is 0.623. The molecule has 0 aliphatic rings. The van der Waals surface area contributed by atoms with Crippen molar-refractivity contribution in [3.8, 4) is 5.75 Å². The first-order valence-electron chi connectivity index (χ1n) is 5.25. The van der Waals surface area contributed by atoms with E-state index in [1.165, 1.54) is 18.2 Å². The van der Waals surface area contributed by atoms with Crippen LogP contribution in [0.15, 0.2) is 18.2 Å². The number of carbonyl (C=O) groups is 1. The summed E-state index contributed by atoms with van der Waals surface area (Å²) in [4.78, 5) is 11.5. The molecule has 0 bridgehead atoms. The second-order valence-corrected chi connectivity index (χ2v) is 3.33. The van der Waals surface area contributed by atoms with Gasteiger partial charge in [0, 0.05) is 18.6 Å². The lowest BCUT2D eigenvalue weighted by Crippen LogP contribution is -2.02. The molecule has 0 spiro atoms. The SMILES string of the molecule is CCOc1ccc(C(=O)CCCO)cc1F. The Morgan fingerprint density at radius 3 is 2.81 bits per heavy atom. The Bertz CT molecular complexity index is 363. The van der Waals surface area contributed by atoms with Crippen LogP contribution >= 0.6 is 0 Å². The van der Waals surface area contributed by atoms with Gasteiger partial charge in [-0.05, 0) is 31.5 Å². The Hall–Kier alpha value is -1.42. The standard InChI is InChI=1S/C12H15FO3/c1-2-16-12-6-5-9(8-10(12)13)11(15)4-3-7-14/h5-6,8,14H,2-4,7H2,1H3. The summed E-state index contributed by atoms with van der Waals surface area (Å²) < 4.78 is 18.4. The van der Waals surface area contributed by atoms with Crippen molar-refractivity contribution in [2.75, 3.05) is 13.2 Å². The number of hydrogen-bond donors (Lipinski definition) is 1. The lowest BCUT2D eigenvalue weighted by molar-refractivity contribution is 0.0971. The van der Waals surface area contributed by atoms with E-state index in [-0.39, 0.29) is 24.6 Å². The van der Waals surface area contributed by atoms with E-state index in [1.54, 1.807) is 6.92 Å². The van der Waals surface area contributed by atoms with Crippen molar-refractivity contribution in [3.05, 3.63) is 29.6 Å². The van der Waals surface area contributed by atoms with Gasteiger partial charge >= 0.3 is 0 Å². The summed E-state index contributed by atoms with van der Waals surface area (Å²) >= 11 is 0. The third-order valence-electron chi connectivity index (χ3n) is 2.12. The number of aliphatic hydroxyl groups excluding tert-OH is 1. The second-order valence-electron chi connectivity index (χ2n) is 3.33. The van der Waals surface area contributed by atoms with Crippen molar-refractivity contribution in [2.45, 2.75) is 19.8 Å². The number of benzene rings is 1. The molecule has 0 amide bonds. The molecule has 88 valence electrons. The van der Waals surface area contributed by atoms with Gasteiger partial charge in [-0.2, -0.15) is 0 Å². The zero-order valence-electron chi connectivity index (χ0n) is 9.20. The number of hydrogen-bond acceptors (Lipinski definition) is 3. The largest absolute Gasteiger partial charge is 0.491 e. The van der Waals surface area contributed by atoms with Crippen LogP contribution in [0.1, 0.15) is 30.1 Å². The van der Waals surface area contributed by atoms with Crippen molar-refractivity contribution in [3.63, 3.8) is 0 Å². The van der Waals surface area contributed by atoms with Crippen LogP contribution in [-0.2, 0) is 0 Å². The van der Waals surface area contributed by atoms with Gasteiger partial charge in [-0.15, -0.1) is 0 Å². The molecule has 1 aromatic carbocycles. The highest BCUT2D eigenvalue weighted by atomic mass is 19.1. The van der Waals surface area contributed by atoms with Crippen LogP contribution in [0.4, 0.5) is 4.39 Å². The molecule has 1 rings (SSSR count). The summed E-state index contributed by atoms with van der Waals surface area (Å²) in [5, 5.41) is 8.58. The Morgan fingerprint density at radius 1 is 1.50 bits per heavy atom. The van der Waals surface area contributed by atoms with Crippen LogP contribution in [0.25, 0.3) is 0 Å². The Balaban J connectivity index is 2.76. The molecule has 0 atom stereocenters. The summed E-state index contributed by atoms with van der Waals surface area (Å²) in [5.74, 6) is -0.547. The van der Waals surface area contributed by atoms with Crippen LogP contribution < -0.4 is 4.74 Å². The Morgan fingerprint density at radius 2 is 2.25 bits per heavy atom. The van der Waals surface area contributed by atoms with Crippen LogP contribution in [-0.4, -0.2) is 24.1 Å². The van der Waals surface area contributed by atoms with Gasteiger partial charge in [-0.25, -0.2) is 4.39 Å². The molecule has 1 aromatic rings. The van der Waals surface area contributed by atoms with Gasteiger partial charge < -0.3 is 9.84 Å². The van der Waals surface area contributed by atoms with E-state index < -0.39 is 5.82 Å². The molecule has 0 heterocycles. The normalized spacial score (nSPS) is 10.2. The second kappa shape index (κ2) is 6.23. The number of rotatable bonds is 6. The molecular weight excluding hydrogens is 211 g/mol. The van der Waals surface area contributed by atoms with Gasteiger partial charge in [0.2, 0.25) is 0 Å². The third-order valence-corrected chi connectivity index (χ3v) is 2.12. The molecular formula is C12H15FO3. The van der Waals surface area contributed by atoms with Crippen LogP contribution in [0.5, 0.6) is 5.75 Å². The highest BCUT2D eigenvalue weighted by Crippen LogP contribution is 2.19. The summed E-state index contributed by atoms with van der Waals surface area (Å²) in [5.41, 5.74) is 0.314. The van der Waals surface area contributed by atoms with Gasteiger partial charge in [0.15, 0.2) is 17.3 Å². The Kier molecular flexibility index (Phi) is 4.92. The minimum atomic E-state index is -0.531. The van der Waals surface area contributed by atoms with Gasteiger partial charge in [-0.1, -0.05) is 0 Å². The predicted octanol–water partition coefficient (Wildman–Crippen LogP) is 2.18. The van der Waals surface area contributed by atoms with Crippen molar-refractivity contribution >= 4 is 5.78 Å². The quantitative estimate of drug-likeness (QED) is 0.756. The first-order chi connectivity index (χ1) is 7.69. The molecule has 0 aromatic heterocycles. The van der Waals surface area contributed by atoms with E-state index in [9.17, 15) is 9.18 Å². The Labute approximate surface area is 93.9 Å². The average Bonchev–Trinajstić information content (AvgIpc) is 2.29. The van der Waals surface area contributed by atoms with Crippen LogP contribution in [0.3, 0.4) is 0 Å². The fourth-order valence-electron chi connectivity index (χ4n) is 1.33. The molecule has 3 nitrogen and oxygen atoms in total. The zero-order chi connectivity index (χ0) is 12.0. The number of Topliss-reactive ketones (excluding diaryl/α,β-unsaturated/α-hetero) is 1. The summed E-state index contributed by atoms with van der Waals surface area (Å²) in [6, 6.07) is 4.16. The first-order valence-corrected chi connectivity index (χ1v) is 5.25. The third kappa shape index (κ3) is 3.31. The highest BCUT2D eigenvalue weighted by molar-refractivity contribution is 5.96. The summed E-state index contributed by atoms with van der Waals surface area (Å²) in [7, 11) is 0. The lowest BCUT2D eigenvalue weighted by atomic mass is 10.1. The number of halogens is 1. The fourth-order valence-corrected chi connectivity index (χ4v) is 1.33. The average molecular weight is 226 g/mol. The smallest absolute Gasteiger partial charge is 0.165 e. The summed E-state index contributed by atoms with van der Waals surface area (Å²) in [6.45, 7) is 2.11. The molecule has 1 N–H and O–H groups in total. The molecule has 0 radical (unpaired) electrons. The zero-order valence-corrected chi connectivity index (χ0v) is 9.20. The van der Waals surface area contributed by atoms with Crippen LogP contribution in [0.2, 0.25) is 0 Å². The van der Waals surface area contributed by atoms with Gasteiger partial charge in [0.1, 0.15) is 0 Å². The molecule has 0 saturated carbocycles. The molecule has 0 fully saturated rings. The number of ketones is 1. The predicted molar refractivity (Wildman–Crippen MR) is 58.2 cm³/mol. The van der Waals surface area contributed by atoms with E-state index in [4.69, 9.17) is 9.84 Å².